The predicted octanol–water partition coefficient (Wildman–Crippen LogP) is 6.02. The highest BCUT2D eigenvalue weighted by molar-refractivity contribution is 6.30. The van der Waals surface area contributed by atoms with Crippen molar-refractivity contribution >= 4 is 34.7 Å². The lowest BCUT2D eigenvalue weighted by atomic mass is 10.2. The standard InChI is InChI=1S/C21H14ClNO2/c22-16-5-1-4-15(13-16)20-12-11-18(25-20)10-9-17-8-7-14-3-2-6-19(24)21(14)23-17/h1-13,24H/b10-9+. The molecule has 2 aromatic heterocycles. The summed E-state index contributed by atoms with van der Waals surface area (Å²) in [6.07, 6.45) is 3.70. The maximum Gasteiger partial charge on any atom is 0.141 e. The van der Waals surface area contributed by atoms with Crippen LogP contribution in [0.15, 0.2) is 71.1 Å². The van der Waals surface area contributed by atoms with Crippen LogP contribution in [0.25, 0.3) is 34.4 Å². The van der Waals surface area contributed by atoms with Crippen molar-refractivity contribution in [3.63, 3.8) is 0 Å². The lowest BCUT2D eigenvalue weighted by molar-refractivity contribution is 0.480. The van der Waals surface area contributed by atoms with E-state index in [0.29, 0.717) is 16.3 Å². The average Bonchev–Trinajstić information content (AvgIpc) is 3.10. The highest BCUT2D eigenvalue weighted by Gasteiger charge is 2.04. The van der Waals surface area contributed by atoms with Crippen molar-refractivity contribution in [3.05, 3.63) is 83.2 Å². The van der Waals surface area contributed by atoms with Crippen LogP contribution in [-0.2, 0) is 0 Å². The second-order valence-corrected chi connectivity index (χ2v) is 6.07. The Morgan fingerprint density at radius 3 is 2.68 bits per heavy atom. The van der Waals surface area contributed by atoms with E-state index in [-0.39, 0.29) is 5.75 Å². The number of rotatable bonds is 3. The predicted molar refractivity (Wildman–Crippen MR) is 101 cm³/mol. The van der Waals surface area contributed by atoms with E-state index >= 15 is 0 Å². The molecule has 0 atom stereocenters. The van der Waals surface area contributed by atoms with Crippen LogP contribution in [0.1, 0.15) is 11.5 Å². The number of aromatic hydroxyl groups is 1. The van der Waals surface area contributed by atoms with Crippen molar-refractivity contribution < 1.29 is 9.52 Å². The molecule has 0 amide bonds. The van der Waals surface area contributed by atoms with Gasteiger partial charge in [0.1, 0.15) is 22.8 Å². The number of phenols is 1. The molecule has 2 aromatic carbocycles. The van der Waals surface area contributed by atoms with Crippen LogP contribution in [-0.4, -0.2) is 10.1 Å². The Morgan fingerprint density at radius 2 is 1.80 bits per heavy atom. The van der Waals surface area contributed by atoms with Crippen molar-refractivity contribution in [3.8, 4) is 17.1 Å². The smallest absolute Gasteiger partial charge is 0.141 e. The molecule has 4 rings (SSSR count). The highest BCUT2D eigenvalue weighted by Crippen LogP contribution is 2.26. The van der Waals surface area contributed by atoms with Crippen LogP contribution >= 0.6 is 11.6 Å². The van der Waals surface area contributed by atoms with Gasteiger partial charge in [-0.1, -0.05) is 41.9 Å². The van der Waals surface area contributed by atoms with Gasteiger partial charge in [-0.25, -0.2) is 4.98 Å². The third kappa shape index (κ3) is 3.28. The Balaban J connectivity index is 1.61. The second-order valence-electron chi connectivity index (χ2n) is 5.63. The first-order valence-corrected chi connectivity index (χ1v) is 8.19. The van der Waals surface area contributed by atoms with Gasteiger partial charge in [-0.15, -0.1) is 0 Å². The molecule has 3 nitrogen and oxygen atoms in total. The van der Waals surface area contributed by atoms with Crippen molar-refractivity contribution in [1.29, 1.82) is 0 Å². The number of aromatic nitrogens is 1. The zero-order valence-corrected chi connectivity index (χ0v) is 13.9. The summed E-state index contributed by atoms with van der Waals surface area (Å²) in [5.74, 6) is 1.65. The van der Waals surface area contributed by atoms with Crippen LogP contribution in [0.2, 0.25) is 5.02 Å². The summed E-state index contributed by atoms with van der Waals surface area (Å²) in [6.45, 7) is 0. The molecule has 1 N–H and O–H groups in total. The van der Waals surface area contributed by atoms with E-state index < -0.39 is 0 Å². The average molecular weight is 348 g/mol. The lowest BCUT2D eigenvalue weighted by Crippen LogP contribution is -1.83. The zero-order chi connectivity index (χ0) is 17.2. The molecule has 4 heteroatoms. The molecule has 0 saturated carbocycles. The minimum Gasteiger partial charge on any atom is -0.506 e. The number of para-hydroxylation sites is 1. The van der Waals surface area contributed by atoms with Gasteiger partial charge in [0.2, 0.25) is 0 Å². The summed E-state index contributed by atoms with van der Waals surface area (Å²) in [4.78, 5) is 4.47. The number of phenolic OH excluding ortho intramolecular Hbond substituents is 1. The molecule has 0 aliphatic rings. The first-order chi connectivity index (χ1) is 12.2. The maximum atomic E-state index is 9.92. The van der Waals surface area contributed by atoms with E-state index in [1.165, 1.54) is 0 Å². The minimum absolute atomic E-state index is 0.175. The largest absolute Gasteiger partial charge is 0.506 e. The number of halogens is 1. The Hall–Kier alpha value is -3.04. The minimum atomic E-state index is 0.175. The van der Waals surface area contributed by atoms with Gasteiger partial charge in [0.05, 0.1) is 5.69 Å². The third-order valence-electron chi connectivity index (χ3n) is 3.87. The first kappa shape index (κ1) is 15.5. The summed E-state index contributed by atoms with van der Waals surface area (Å²) in [5.41, 5.74) is 2.26. The van der Waals surface area contributed by atoms with Crippen molar-refractivity contribution in [2.45, 2.75) is 0 Å². The van der Waals surface area contributed by atoms with Gasteiger partial charge < -0.3 is 9.52 Å². The van der Waals surface area contributed by atoms with Gasteiger partial charge >= 0.3 is 0 Å². The monoisotopic (exact) mass is 347 g/mol. The molecule has 0 aliphatic carbocycles. The molecular weight excluding hydrogens is 334 g/mol. The van der Waals surface area contributed by atoms with E-state index in [2.05, 4.69) is 4.98 Å². The first-order valence-electron chi connectivity index (χ1n) is 7.82. The molecule has 122 valence electrons. The summed E-state index contributed by atoms with van der Waals surface area (Å²) in [7, 11) is 0. The molecule has 25 heavy (non-hydrogen) atoms. The quantitative estimate of drug-likeness (QED) is 0.492. The van der Waals surface area contributed by atoms with Gasteiger partial charge in [0.25, 0.3) is 0 Å². The van der Waals surface area contributed by atoms with Gasteiger partial charge in [0.15, 0.2) is 0 Å². The molecule has 0 fully saturated rings. The fraction of sp³-hybridized carbons (Fsp3) is 0. The van der Waals surface area contributed by atoms with E-state index in [4.69, 9.17) is 16.0 Å². The Labute approximate surface area is 149 Å². The molecule has 4 aromatic rings. The van der Waals surface area contributed by atoms with Gasteiger partial charge in [-0.2, -0.15) is 0 Å². The van der Waals surface area contributed by atoms with Crippen molar-refractivity contribution in [2.75, 3.05) is 0 Å². The van der Waals surface area contributed by atoms with Crippen molar-refractivity contribution in [1.82, 2.24) is 4.98 Å². The van der Waals surface area contributed by atoms with Gasteiger partial charge in [-0.3, -0.25) is 0 Å². The molecular formula is C21H14ClNO2. The Bertz CT molecular complexity index is 1080. The van der Waals surface area contributed by atoms with E-state index in [1.807, 2.05) is 66.7 Å². The molecule has 0 aliphatic heterocycles. The molecule has 0 saturated heterocycles. The summed E-state index contributed by atoms with van der Waals surface area (Å²) in [6, 6.07) is 20.5. The fourth-order valence-electron chi connectivity index (χ4n) is 2.65. The molecule has 0 spiro atoms. The number of furan rings is 1. The number of benzene rings is 2. The molecule has 0 radical (unpaired) electrons. The summed E-state index contributed by atoms with van der Waals surface area (Å²) in [5, 5.41) is 11.5. The van der Waals surface area contributed by atoms with Crippen LogP contribution in [0.4, 0.5) is 0 Å². The number of nitrogens with zero attached hydrogens (tertiary/aromatic N) is 1. The third-order valence-corrected chi connectivity index (χ3v) is 4.11. The topological polar surface area (TPSA) is 46.3 Å². The number of hydrogen-bond donors (Lipinski definition) is 1. The zero-order valence-electron chi connectivity index (χ0n) is 13.2. The maximum absolute atomic E-state index is 9.92. The van der Waals surface area contributed by atoms with Crippen molar-refractivity contribution in [2.24, 2.45) is 0 Å². The van der Waals surface area contributed by atoms with Crippen LogP contribution in [0, 0.1) is 0 Å². The Kier molecular flexibility index (Phi) is 4.00. The van der Waals surface area contributed by atoms with E-state index in [0.717, 1.165) is 22.4 Å². The Morgan fingerprint density at radius 1 is 0.920 bits per heavy atom. The van der Waals surface area contributed by atoms with Crippen LogP contribution in [0.5, 0.6) is 5.75 Å². The number of fused-ring (bicyclic) bond motifs is 1. The molecule has 0 unspecified atom stereocenters. The second kappa shape index (κ2) is 6.46. The van der Waals surface area contributed by atoms with Gasteiger partial charge in [-0.05, 0) is 48.6 Å². The summed E-state index contributed by atoms with van der Waals surface area (Å²) < 4.78 is 5.84. The molecule has 0 bridgehead atoms. The van der Waals surface area contributed by atoms with Gasteiger partial charge in [0, 0.05) is 16.0 Å². The van der Waals surface area contributed by atoms with Crippen LogP contribution < -0.4 is 0 Å². The van der Waals surface area contributed by atoms with Crippen LogP contribution in [0.3, 0.4) is 0 Å². The highest BCUT2D eigenvalue weighted by atomic mass is 35.5. The number of pyridine rings is 1. The number of hydrogen-bond acceptors (Lipinski definition) is 3. The van der Waals surface area contributed by atoms with E-state index in [1.54, 1.807) is 12.1 Å². The molecule has 2 heterocycles. The SMILES string of the molecule is Oc1cccc2ccc(/C=C/c3ccc(-c4cccc(Cl)c4)o3)nc12. The lowest BCUT2D eigenvalue weighted by Gasteiger charge is -2.01. The summed E-state index contributed by atoms with van der Waals surface area (Å²) >= 11 is 6.02. The van der Waals surface area contributed by atoms with E-state index in [9.17, 15) is 5.11 Å². The fourth-order valence-corrected chi connectivity index (χ4v) is 2.84. The normalized spacial score (nSPS) is 11.4.